The highest BCUT2D eigenvalue weighted by molar-refractivity contribution is 9.10. The zero-order valence-corrected chi connectivity index (χ0v) is 12.3. The van der Waals surface area contributed by atoms with Gasteiger partial charge in [-0.1, -0.05) is 11.6 Å². The smallest absolute Gasteiger partial charge is 0.258 e. The number of anilines is 2. The summed E-state index contributed by atoms with van der Waals surface area (Å²) in [7, 11) is 0. The lowest BCUT2D eigenvalue weighted by molar-refractivity contribution is 0.102. The molecular formula is C12H10BrClN4O. The Morgan fingerprint density at radius 2 is 2.11 bits per heavy atom. The van der Waals surface area contributed by atoms with Gasteiger partial charge in [0.1, 0.15) is 5.15 Å². The third-order valence-electron chi connectivity index (χ3n) is 2.31. The van der Waals surface area contributed by atoms with Crippen LogP contribution in [-0.4, -0.2) is 15.9 Å². The number of benzene rings is 1. The SMILES string of the molecule is Cc1cc(Cl)nc(NC(=O)c2ccc(Br)c(N)c2)n1. The van der Waals surface area contributed by atoms with Gasteiger partial charge in [-0.25, -0.2) is 9.97 Å². The number of carbonyl (C=O) groups excluding carboxylic acids is 1. The van der Waals surface area contributed by atoms with E-state index >= 15 is 0 Å². The van der Waals surface area contributed by atoms with Crippen LogP contribution in [0.15, 0.2) is 28.7 Å². The molecule has 1 heterocycles. The molecule has 2 aromatic rings. The normalized spacial score (nSPS) is 10.3. The largest absolute Gasteiger partial charge is 0.398 e. The molecule has 0 unspecified atom stereocenters. The first kappa shape index (κ1) is 13.8. The quantitative estimate of drug-likeness (QED) is 0.650. The van der Waals surface area contributed by atoms with Crippen LogP contribution in [0.1, 0.15) is 16.1 Å². The number of hydrogen-bond donors (Lipinski definition) is 2. The van der Waals surface area contributed by atoms with Crippen molar-refractivity contribution in [3.8, 4) is 0 Å². The molecule has 1 amide bonds. The van der Waals surface area contributed by atoms with E-state index in [0.717, 1.165) is 4.47 Å². The molecule has 0 radical (unpaired) electrons. The Hall–Kier alpha value is -1.66. The molecule has 0 bridgehead atoms. The van der Waals surface area contributed by atoms with E-state index in [0.29, 0.717) is 16.9 Å². The summed E-state index contributed by atoms with van der Waals surface area (Å²) >= 11 is 9.06. The van der Waals surface area contributed by atoms with E-state index in [4.69, 9.17) is 17.3 Å². The number of nitrogen functional groups attached to an aromatic ring is 1. The number of rotatable bonds is 2. The lowest BCUT2D eigenvalue weighted by Gasteiger charge is -2.06. The van der Waals surface area contributed by atoms with Crippen LogP contribution >= 0.6 is 27.5 Å². The van der Waals surface area contributed by atoms with Crippen LogP contribution in [-0.2, 0) is 0 Å². The summed E-state index contributed by atoms with van der Waals surface area (Å²) in [6.07, 6.45) is 0. The molecule has 0 aliphatic rings. The number of hydrogen-bond acceptors (Lipinski definition) is 4. The van der Waals surface area contributed by atoms with E-state index in [-0.39, 0.29) is 17.0 Å². The molecule has 1 aromatic heterocycles. The Morgan fingerprint density at radius 1 is 1.37 bits per heavy atom. The van der Waals surface area contributed by atoms with Gasteiger partial charge in [0.2, 0.25) is 5.95 Å². The number of aromatic nitrogens is 2. The molecule has 0 saturated carbocycles. The molecule has 2 rings (SSSR count). The van der Waals surface area contributed by atoms with Gasteiger partial charge < -0.3 is 5.73 Å². The van der Waals surface area contributed by atoms with Gasteiger partial charge in [0.25, 0.3) is 5.91 Å². The van der Waals surface area contributed by atoms with Crippen LogP contribution in [0.2, 0.25) is 5.15 Å². The number of halogens is 2. The number of amides is 1. The second-order valence-corrected chi connectivity index (χ2v) is 5.09. The van der Waals surface area contributed by atoms with Gasteiger partial charge in [-0.05, 0) is 47.1 Å². The maximum absolute atomic E-state index is 12.0. The van der Waals surface area contributed by atoms with Gasteiger partial charge in [-0.15, -0.1) is 0 Å². The van der Waals surface area contributed by atoms with Crippen molar-refractivity contribution in [3.63, 3.8) is 0 Å². The summed E-state index contributed by atoms with van der Waals surface area (Å²) in [5, 5.41) is 2.85. The molecule has 0 fully saturated rings. The predicted octanol–water partition coefficient (Wildman–Crippen LogP) is 3.04. The third-order valence-corrected chi connectivity index (χ3v) is 3.22. The molecule has 0 spiro atoms. The van der Waals surface area contributed by atoms with Crippen LogP contribution < -0.4 is 11.1 Å². The Balaban J connectivity index is 2.22. The molecular weight excluding hydrogens is 332 g/mol. The first-order chi connectivity index (χ1) is 8.95. The summed E-state index contributed by atoms with van der Waals surface area (Å²) in [5.41, 5.74) is 7.29. The Morgan fingerprint density at radius 3 is 2.74 bits per heavy atom. The topological polar surface area (TPSA) is 80.9 Å². The zero-order valence-electron chi connectivity index (χ0n) is 9.95. The third kappa shape index (κ3) is 3.42. The lowest BCUT2D eigenvalue weighted by atomic mass is 10.2. The lowest BCUT2D eigenvalue weighted by Crippen LogP contribution is -2.14. The maximum atomic E-state index is 12.0. The summed E-state index contributed by atoms with van der Waals surface area (Å²) < 4.78 is 0.735. The van der Waals surface area contributed by atoms with Crippen LogP contribution in [0.4, 0.5) is 11.6 Å². The maximum Gasteiger partial charge on any atom is 0.258 e. The second kappa shape index (κ2) is 5.54. The number of nitrogens with two attached hydrogens (primary N) is 1. The Kier molecular flexibility index (Phi) is 4.01. The zero-order chi connectivity index (χ0) is 14.0. The summed E-state index contributed by atoms with van der Waals surface area (Å²) in [6, 6.07) is 6.52. The second-order valence-electron chi connectivity index (χ2n) is 3.85. The van der Waals surface area contributed by atoms with Crippen molar-refractivity contribution >= 4 is 45.1 Å². The minimum Gasteiger partial charge on any atom is -0.398 e. The number of carbonyl (C=O) groups is 1. The van der Waals surface area contributed by atoms with E-state index in [9.17, 15) is 4.79 Å². The molecule has 19 heavy (non-hydrogen) atoms. The summed E-state index contributed by atoms with van der Waals surface area (Å²) in [6.45, 7) is 1.76. The van der Waals surface area contributed by atoms with Crippen LogP contribution in [0.3, 0.4) is 0 Å². The first-order valence-electron chi connectivity index (χ1n) is 5.33. The molecule has 3 N–H and O–H groups in total. The molecule has 1 aromatic carbocycles. The monoisotopic (exact) mass is 340 g/mol. The predicted molar refractivity (Wildman–Crippen MR) is 78.3 cm³/mol. The van der Waals surface area contributed by atoms with Crippen molar-refractivity contribution in [1.29, 1.82) is 0 Å². The number of aryl methyl sites for hydroxylation is 1. The van der Waals surface area contributed by atoms with Gasteiger partial charge >= 0.3 is 0 Å². The highest BCUT2D eigenvalue weighted by Crippen LogP contribution is 2.20. The molecule has 5 nitrogen and oxygen atoms in total. The van der Waals surface area contributed by atoms with Gasteiger partial charge in [0.15, 0.2) is 0 Å². The average Bonchev–Trinajstić information content (AvgIpc) is 2.31. The molecule has 0 aliphatic heterocycles. The van der Waals surface area contributed by atoms with Gasteiger partial charge in [-0.3, -0.25) is 10.1 Å². The number of nitrogens with zero attached hydrogens (tertiary/aromatic N) is 2. The summed E-state index contributed by atoms with van der Waals surface area (Å²) in [5.74, 6) is -0.183. The minimum atomic E-state index is -0.346. The Bertz CT molecular complexity index is 627. The van der Waals surface area contributed by atoms with E-state index < -0.39 is 0 Å². The van der Waals surface area contributed by atoms with Crippen LogP contribution in [0.5, 0.6) is 0 Å². The van der Waals surface area contributed by atoms with Crippen molar-refractivity contribution < 1.29 is 4.79 Å². The van der Waals surface area contributed by atoms with Crippen molar-refractivity contribution in [2.75, 3.05) is 11.1 Å². The average molecular weight is 342 g/mol. The van der Waals surface area contributed by atoms with Crippen LogP contribution in [0.25, 0.3) is 0 Å². The van der Waals surface area contributed by atoms with E-state index in [1.54, 1.807) is 31.2 Å². The van der Waals surface area contributed by atoms with Crippen molar-refractivity contribution in [2.24, 2.45) is 0 Å². The highest BCUT2D eigenvalue weighted by atomic mass is 79.9. The van der Waals surface area contributed by atoms with Crippen molar-refractivity contribution in [3.05, 3.63) is 45.1 Å². The van der Waals surface area contributed by atoms with Crippen molar-refractivity contribution in [1.82, 2.24) is 9.97 Å². The van der Waals surface area contributed by atoms with E-state index in [2.05, 4.69) is 31.2 Å². The van der Waals surface area contributed by atoms with Gasteiger partial charge in [0.05, 0.1) is 0 Å². The highest BCUT2D eigenvalue weighted by Gasteiger charge is 2.10. The van der Waals surface area contributed by atoms with Crippen molar-refractivity contribution in [2.45, 2.75) is 6.92 Å². The summed E-state index contributed by atoms with van der Waals surface area (Å²) in [4.78, 5) is 20.0. The van der Waals surface area contributed by atoms with E-state index in [1.165, 1.54) is 0 Å². The fourth-order valence-electron chi connectivity index (χ4n) is 1.44. The standard InChI is InChI=1S/C12H10BrClN4O/c1-6-4-10(14)17-12(16-6)18-11(19)7-2-3-8(13)9(15)5-7/h2-5H,15H2,1H3,(H,16,17,18,19). The molecule has 7 heteroatoms. The molecule has 0 aliphatic carbocycles. The van der Waals surface area contributed by atoms with Gasteiger partial charge in [0, 0.05) is 21.4 Å². The Labute approximate surface area is 123 Å². The first-order valence-corrected chi connectivity index (χ1v) is 6.50. The van der Waals surface area contributed by atoms with E-state index in [1.807, 2.05) is 0 Å². The number of nitrogens with one attached hydrogen (secondary N) is 1. The molecule has 98 valence electrons. The molecule has 0 saturated heterocycles. The van der Waals surface area contributed by atoms with Crippen LogP contribution in [0, 0.1) is 6.92 Å². The fourth-order valence-corrected chi connectivity index (χ4v) is 1.93. The van der Waals surface area contributed by atoms with Gasteiger partial charge in [-0.2, -0.15) is 0 Å². The fraction of sp³-hybridized carbons (Fsp3) is 0.0833. The minimum absolute atomic E-state index is 0.163. The molecule has 0 atom stereocenters.